The lowest BCUT2D eigenvalue weighted by molar-refractivity contribution is 0.110. The summed E-state index contributed by atoms with van der Waals surface area (Å²) >= 11 is 5.96. The van der Waals surface area contributed by atoms with E-state index in [9.17, 15) is 0 Å². The molecule has 0 saturated heterocycles. The first-order valence-corrected chi connectivity index (χ1v) is 6.07. The van der Waals surface area contributed by atoms with Crippen LogP contribution in [-0.2, 0) is 0 Å². The molecule has 2 saturated carbocycles. The summed E-state index contributed by atoms with van der Waals surface area (Å²) in [5, 5.41) is 0. The van der Waals surface area contributed by atoms with Gasteiger partial charge in [-0.1, -0.05) is 20.8 Å². The minimum Gasteiger partial charge on any atom is -0.126 e. The molecule has 0 aliphatic heterocycles. The van der Waals surface area contributed by atoms with Gasteiger partial charge in [0.25, 0.3) is 0 Å². The monoisotopic (exact) mass is 200 g/mol. The molecule has 2 aliphatic rings. The van der Waals surface area contributed by atoms with Crippen LogP contribution in [0.1, 0.15) is 46.5 Å². The van der Waals surface area contributed by atoms with Crippen molar-refractivity contribution in [2.45, 2.75) is 46.5 Å². The van der Waals surface area contributed by atoms with E-state index in [1.165, 1.54) is 25.7 Å². The van der Waals surface area contributed by atoms with E-state index >= 15 is 0 Å². The summed E-state index contributed by atoms with van der Waals surface area (Å²) in [7, 11) is 0. The van der Waals surface area contributed by atoms with Gasteiger partial charge in [0, 0.05) is 5.88 Å². The van der Waals surface area contributed by atoms with Crippen molar-refractivity contribution in [3.05, 3.63) is 0 Å². The third-order valence-electron chi connectivity index (χ3n) is 4.03. The molecule has 13 heavy (non-hydrogen) atoms. The van der Waals surface area contributed by atoms with Crippen LogP contribution in [0.25, 0.3) is 0 Å². The molecule has 0 radical (unpaired) electrons. The lowest BCUT2D eigenvalue weighted by Gasteiger charge is -2.40. The van der Waals surface area contributed by atoms with Crippen molar-refractivity contribution in [2.24, 2.45) is 22.7 Å². The van der Waals surface area contributed by atoms with Crippen LogP contribution in [0.2, 0.25) is 0 Å². The average molecular weight is 201 g/mol. The quantitative estimate of drug-likeness (QED) is 0.560. The van der Waals surface area contributed by atoms with Gasteiger partial charge < -0.3 is 0 Å². The molecule has 0 amide bonds. The van der Waals surface area contributed by atoms with Crippen LogP contribution in [0.15, 0.2) is 0 Å². The fourth-order valence-electron chi connectivity index (χ4n) is 3.92. The number of hydrogen-bond acceptors (Lipinski definition) is 0. The summed E-state index contributed by atoms with van der Waals surface area (Å²) < 4.78 is 0. The zero-order chi connectivity index (χ0) is 9.69. The van der Waals surface area contributed by atoms with Crippen molar-refractivity contribution in [1.82, 2.24) is 0 Å². The first kappa shape index (κ1) is 9.83. The van der Waals surface area contributed by atoms with E-state index in [0.717, 1.165) is 17.7 Å². The summed E-state index contributed by atoms with van der Waals surface area (Å²) in [6, 6.07) is 0. The standard InChI is InChI=1S/C12H21Cl/c1-9-4-11(2,3)8-12(5-9)6-10(12)7-13/h9-10H,4-8H2,1-3H3. The Morgan fingerprint density at radius 3 is 2.38 bits per heavy atom. The fourth-order valence-corrected chi connectivity index (χ4v) is 4.36. The summed E-state index contributed by atoms with van der Waals surface area (Å²) in [6.45, 7) is 7.26. The van der Waals surface area contributed by atoms with Crippen molar-refractivity contribution < 1.29 is 0 Å². The molecule has 2 fully saturated rings. The first-order chi connectivity index (χ1) is 5.97. The number of halogens is 1. The van der Waals surface area contributed by atoms with E-state index in [0.29, 0.717) is 10.8 Å². The Bertz CT molecular complexity index is 209. The van der Waals surface area contributed by atoms with E-state index in [1.807, 2.05) is 0 Å². The molecule has 3 unspecified atom stereocenters. The summed E-state index contributed by atoms with van der Waals surface area (Å²) in [4.78, 5) is 0. The van der Waals surface area contributed by atoms with Crippen LogP contribution in [-0.4, -0.2) is 5.88 Å². The van der Waals surface area contributed by atoms with Crippen LogP contribution in [0.5, 0.6) is 0 Å². The van der Waals surface area contributed by atoms with Gasteiger partial charge in [-0.3, -0.25) is 0 Å². The molecular formula is C12H21Cl. The molecule has 2 rings (SSSR count). The average Bonchev–Trinajstić information content (AvgIpc) is 2.57. The highest BCUT2D eigenvalue weighted by atomic mass is 35.5. The van der Waals surface area contributed by atoms with Crippen molar-refractivity contribution in [3.63, 3.8) is 0 Å². The van der Waals surface area contributed by atoms with Gasteiger partial charge in [-0.2, -0.15) is 0 Å². The molecule has 0 bridgehead atoms. The van der Waals surface area contributed by atoms with E-state index in [4.69, 9.17) is 11.6 Å². The summed E-state index contributed by atoms with van der Waals surface area (Å²) in [6.07, 6.45) is 5.67. The number of hydrogen-bond donors (Lipinski definition) is 0. The second-order valence-electron chi connectivity index (χ2n) is 6.27. The smallest absolute Gasteiger partial charge is 0.0257 e. The number of alkyl halides is 1. The molecule has 1 spiro atoms. The first-order valence-electron chi connectivity index (χ1n) is 5.53. The van der Waals surface area contributed by atoms with E-state index < -0.39 is 0 Å². The van der Waals surface area contributed by atoms with Gasteiger partial charge in [0.1, 0.15) is 0 Å². The topological polar surface area (TPSA) is 0 Å². The van der Waals surface area contributed by atoms with Gasteiger partial charge in [0.2, 0.25) is 0 Å². The molecule has 76 valence electrons. The third kappa shape index (κ3) is 1.75. The Balaban J connectivity index is 2.07. The van der Waals surface area contributed by atoms with E-state index in [-0.39, 0.29) is 0 Å². The predicted octanol–water partition coefficient (Wildman–Crippen LogP) is 4.08. The van der Waals surface area contributed by atoms with E-state index in [1.54, 1.807) is 0 Å². The van der Waals surface area contributed by atoms with Crippen molar-refractivity contribution in [2.75, 3.05) is 5.88 Å². The highest BCUT2D eigenvalue weighted by Gasteiger charge is 2.57. The molecule has 3 atom stereocenters. The van der Waals surface area contributed by atoms with E-state index in [2.05, 4.69) is 20.8 Å². The van der Waals surface area contributed by atoms with Crippen molar-refractivity contribution in [1.29, 1.82) is 0 Å². The highest BCUT2D eigenvalue weighted by molar-refractivity contribution is 6.18. The second kappa shape index (κ2) is 2.89. The lowest BCUT2D eigenvalue weighted by Crippen LogP contribution is -2.29. The molecule has 0 N–H and O–H groups in total. The summed E-state index contributed by atoms with van der Waals surface area (Å²) in [5.41, 5.74) is 1.24. The Labute approximate surface area is 87.0 Å². The molecule has 2 aliphatic carbocycles. The maximum absolute atomic E-state index is 5.96. The fraction of sp³-hybridized carbons (Fsp3) is 1.00. The second-order valence-corrected chi connectivity index (χ2v) is 6.58. The Hall–Kier alpha value is 0.290. The van der Waals surface area contributed by atoms with Crippen LogP contribution >= 0.6 is 11.6 Å². The molecule has 0 aromatic carbocycles. The largest absolute Gasteiger partial charge is 0.126 e. The molecule has 0 aromatic heterocycles. The van der Waals surface area contributed by atoms with Crippen LogP contribution in [0, 0.1) is 22.7 Å². The van der Waals surface area contributed by atoms with Gasteiger partial charge in [-0.05, 0) is 48.3 Å². The Morgan fingerprint density at radius 2 is 1.92 bits per heavy atom. The van der Waals surface area contributed by atoms with Crippen molar-refractivity contribution in [3.8, 4) is 0 Å². The van der Waals surface area contributed by atoms with Crippen LogP contribution in [0.4, 0.5) is 0 Å². The molecule has 0 heterocycles. The van der Waals surface area contributed by atoms with Gasteiger partial charge in [0.15, 0.2) is 0 Å². The lowest BCUT2D eigenvalue weighted by atomic mass is 9.65. The van der Waals surface area contributed by atoms with Crippen LogP contribution in [0.3, 0.4) is 0 Å². The normalized spacial score (nSPS) is 48.0. The summed E-state index contributed by atoms with van der Waals surface area (Å²) in [5.74, 6) is 2.65. The predicted molar refractivity (Wildman–Crippen MR) is 58.1 cm³/mol. The Morgan fingerprint density at radius 1 is 1.23 bits per heavy atom. The highest BCUT2D eigenvalue weighted by Crippen LogP contribution is 2.66. The minimum atomic E-state index is 0.568. The Kier molecular flexibility index (Phi) is 2.18. The van der Waals surface area contributed by atoms with Gasteiger partial charge >= 0.3 is 0 Å². The zero-order valence-electron chi connectivity index (χ0n) is 9.07. The van der Waals surface area contributed by atoms with Gasteiger partial charge in [-0.25, -0.2) is 0 Å². The SMILES string of the molecule is CC1CC(C)(C)CC2(C1)CC2CCl. The van der Waals surface area contributed by atoms with Gasteiger partial charge in [0.05, 0.1) is 0 Å². The van der Waals surface area contributed by atoms with Crippen LogP contribution < -0.4 is 0 Å². The molecule has 0 aromatic rings. The molecular weight excluding hydrogens is 180 g/mol. The van der Waals surface area contributed by atoms with Gasteiger partial charge in [-0.15, -0.1) is 11.6 Å². The maximum Gasteiger partial charge on any atom is 0.0257 e. The molecule has 0 nitrogen and oxygen atoms in total. The minimum absolute atomic E-state index is 0.568. The third-order valence-corrected chi connectivity index (χ3v) is 4.40. The molecule has 1 heteroatoms. The van der Waals surface area contributed by atoms with Crippen molar-refractivity contribution >= 4 is 11.6 Å². The maximum atomic E-state index is 5.96. The number of rotatable bonds is 1. The zero-order valence-corrected chi connectivity index (χ0v) is 9.82.